The van der Waals surface area contributed by atoms with E-state index in [1.165, 1.54) is 0 Å². The lowest BCUT2D eigenvalue weighted by atomic mass is 9.78. The molecule has 1 aliphatic carbocycles. The van der Waals surface area contributed by atoms with E-state index in [9.17, 15) is 14.7 Å². The van der Waals surface area contributed by atoms with Gasteiger partial charge in [-0.25, -0.2) is 4.79 Å². The van der Waals surface area contributed by atoms with Crippen LogP contribution in [-0.4, -0.2) is 65.3 Å². The molecule has 1 heterocycles. The van der Waals surface area contributed by atoms with Crippen LogP contribution in [0.15, 0.2) is 0 Å². The van der Waals surface area contributed by atoms with Crippen molar-refractivity contribution in [1.82, 2.24) is 9.80 Å². The Kier molecular flexibility index (Phi) is 5.08. The summed E-state index contributed by atoms with van der Waals surface area (Å²) < 4.78 is 5.47. The maximum absolute atomic E-state index is 12.7. The number of carbonyl (C=O) groups excluding carboxylic acids is 1. The molecule has 2 amide bonds. The summed E-state index contributed by atoms with van der Waals surface area (Å²) >= 11 is 0. The SMILES string of the molecule is CC1CN(C(=O)N(C)C2(CC(=O)O)CCCCC2)CCO1. The van der Waals surface area contributed by atoms with Crippen molar-refractivity contribution in [3.8, 4) is 0 Å². The molecule has 1 atom stereocenters. The second kappa shape index (κ2) is 6.64. The predicted octanol–water partition coefficient (Wildman–Crippen LogP) is 1.94. The van der Waals surface area contributed by atoms with E-state index >= 15 is 0 Å². The minimum atomic E-state index is -0.827. The zero-order valence-corrected chi connectivity index (χ0v) is 13.0. The molecule has 6 nitrogen and oxygen atoms in total. The lowest BCUT2D eigenvalue weighted by Gasteiger charge is -2.46. The number of nitrogens with zero attached hydrogens (tertiary/aromatic N) is 2. The van der Waals surface area contributed by atoms with E-state index in [0.717, 1.165) is 32.1 Å². The molecule has 1 saturated carbocycles. The molecule has 0 aromatic carbocycles. The minimum Gasteiger partial charge on any atom is -0.481 e. The van der Waals surface area contributed by atoms with Gasteiger partial charge in [0.05, 0.1) is 24.7 Å². The summed E-state index contributed by atoms with van der Waals surface area (Å²) in [5.41, 5.74) is -0.525. The third-order valence-corrected chi connectivity index (χ3v) is 4.77. The summed E-state index contributed by atoms with van der Waals surface area (Å²) in [5.74, 6) is -0.827. The quantitative estimate of drug-likeness (QED) is 0.864. The first-order valence-corrected chi connectivity index (χ1v) is 7.81. The van der Waals surface area contributed by atoms with Crippen LogP contribution in [-0.2, 0) is 9.53 Å². The largest absolute Gasteiger partial charge is 0.481 e. The number of carboxylic acid groups (broad SMARTS) is 1. The van der Waals surface area contributed by atoms with E-state index in [0.29, 0.717) is 19.7 Å². The van der Waals surface area contributed by atoms with Crippen LogP contribution in [0.4, 0.5) is 4.79 Å². The van der Waals surface area contributed by atoms with Crippen LogP contribution in [0.3, 0.4) is 0 Å². The fraction of sp³-hybridized carbons (Fsp3) is 0.867. The molecule has 0 aromatic rings. The van der Waals surface area contributed by atoms with Gasteiger partial charge in [-0.3, -0.25) is 4.79 Å². The standard InChI is InChI=1S/C15H26N2O4/c1-12-11-17(8-9-21-12)14(20)16(2)15(10-13(18)19)6-4-3-5-7-15/h12H,3-11H2,1-2H3,(H,18,19). The fourth-order valence-electron chi connectivity index (χ4n) is 3.53. The second-order valence-electron chi connectivity index (χ2n) is 6.32. The molecule has 1 N–H and O–H groups in total. The molecule has 6 heteroatoms. The fourth-order valence-corrected chi connectivity index (χ4v) is 3.53. The number of carbonyl (C=O) groups is 2. The molecule has 0 radical (unpaired) electrons. The maximum atomic E-state index is 12.7. The lowest BCUT2D eigenvalue weighted by Crippen LogP contribution is -2.58. The van der Waals surface area contributed by atoms with E-state index < -0.39 is 11.5 Å². The number of hydrogen-bond donors (Lipinski definition) is 1. The normalized spacial score (nSPS) is 25.4. The zero-order valence-electron chi connectivity index (χ0n) is 13.0. The molecule has 2 fully saturated rings. The van der Waals surface area contributed by atoms with Crippen LogP contribution in [0.2, 0.25) is 0 Å². The number of rotatable bonds is 3. The molecule has 2 rings (SSSR count). The number of urea groups is 1. The Bertz CT molecular complexity index is 393. The summed E-state index contributed by atoms with van der Waals surface area (Å²) in [4.78, 5) is 27.5. The van der Waals surface area contributed by atoms with Gasteiger partial charge in [0.1, 0.15) is 0 Å². The van der Waals surface area contributed by atoms with Crippen LogP contribution in [0.25, 0.3) is 0 Å². The van der Waals surface area contributed by atoms with Gasteiger partial charge in [-0.15, -0.1) is 0 Å². The topological polar surface area (TPSA) is 70.1 Å². The third-order valence-electron chi connectivity index (χ3n) is 4.77. The summed E-state index contributed by atoms with van der Waals surface area (Å²) in [7, 11) is 1.76. The summed E-state index contributed by atoms with van der Waals surface area (Å²) in [6.07, 6.45) is 4.74. The highest BCUT2D eigenvalue weighted by Gasteiger charge is 2.42. The minimum absolute atomic E-state index is 0.0368. The molecule has 1 aliphatic heterocycles. The van der Waals surface area contributed by atoms with Gasteiger partial charge in [0.2, 0.25) is 0 Å². The first kappa shape index (κ1) is 16.1. The molecule has 0 spiro atoms. The summed E-state index contributed by atoms with van der Waals surface area (Å²) in [6.45, 7) is 3.66. The second-order valence-corrected chi connectivity index (χ2v) is 6.32. The predicted molar refractivity (Wildman–Crippen MR) is 78.2 cm³/mol. The van der Waals surface area contributed by atoms with E-state index in [4.69, 9.17) is 4.74 Å². The van der Waals surface area contributed by atoms with Crippen molar-refractivity contribution < 1.29 is 19.4 Å². The third kappa shape index (κ3) is 3.67. The number of carboxylic acids is 1. The van der Waals surface area contributed by atoms with E-state index in [2.05, 4.69) is 0 Å². The first-order valence-electron chi connectivity index (χ1n) is 7.81. The van der Waals surface area contributed by atoms with Crippen molar-refractivity contribution in [2.75, 3.05) is 26.7 Å². The zero-order chi connectivity index (χ0) is 15.5. The average Bonchev–Trinajstić information content (AvgIpc) is 2.46. The van der Waals surface area contributed by atoms with Crippen LogP contribution in [0, 0.1) is 0 Å². The highest BCUT2D eigenvalue weighted by atomic mass is 16.5. The summed E-state index contributed by atoms with van der Waals surface area (Å²) in [6, 6.07) is -0.0618. The highest BCUT2D eigenvalue weighted by molar-refractivity contribution is 5.77. The van der Waals surface area contributed by atoms with Crippen LogP contribution >= 0.6 is 0 Å². The summed E-state index contributed by atoms with van der Waals surface area (Å²) in [5, 5.41) is 9.24. The Morgan fingerprint density at radius 3 is 2.57 bits per heavy atom. The van der Waals surface area contributed by atoms with E-state index in [1.54, 1.807) is 16.8 Å². The Morgan fingerprint density at radius 1 is 1.33 bits per heavy atom. The van der Waals surface area contributed by atoms with Gasteiger partial charge < -0.3 is 19.6 Å². The maximum Gasteiger partial charge on any atom is 0.320 e. The van der Waals surface area contributed by atoms with Crippen molar-refractivity contribution >= 4 is 12.0 Å². The van der Waals surface area contributed by atoms with Gasteiger partial charge in [0, 0.05) is 20.1 Å². The van der Waals surface area contributed by atoms with Crippen molar-refractivity contribution in [1.29, 1.82) is 0 Å². The van der Waals surface area contributed by atoms with Crippen LogP contribution in [0.5, 0.6) is 0 Å². The van der Waals surface area contributed by atoms with Gasteiger partial charge in [-0.1, -0.05) is 19.3 Å². The smallest absolute Gasteiger partial charge is 0.320 e. The van der Waals surface area contributed by atoms with Gasteiger partial charge >= 0.3 is 12.0 Å². The number of ether oxygens (including phenoxy) is 1. The van der Waals surface area contributed by atoms with E-state index in [-0.39, 0.29) is 18.6 Å². The average molecular weight is 298 g/mol. The van der Waals surface area contributed by atoms with Crippen LogP contribution in [0.1, 0.15) is 45.4 Å². The molecule has 0 bridgehead atoms. The number of hydrogen-bond acceptors (Lipinski definition) is 3. The Labute approximate surface area is 126 Å². The molecular weight excluding hydrogens is 272 g/mol. The molecule has 1 saturated heterocycles. The molecule has 2 aliphatic rings. The highest BCUT2D eigenvalue weighted by Crippen LogP contribution is 2.36. The van der Waals surface area contributed by atoms with Crippen molar-refractivity contribution in [2.45, 2.75) is 57.1 Å². The molecule has 120 valence electrons. The lowest BCUT2D eigenvalue weighted by molar-refractivity contribution is -0.140. The van der Waals surface area contributed by atoms with Gasteiger partial charge in [0.25, 0.3) is 0 Å². The van der Waals surface area contributed by atoms with Gasteiger partial charge in [-0.2, -0.15) is 0 Å². The molecular formula is C15H26N2O4. The van der Waals surface area contributed by atoms with Crippen molar-refractivity contribution in [3.05, 3.63) is 0 Å². The van der Waals surface area contributed by atoms with Crippen molar-refractivity contribution in [3.63, 3.8) is 0 Å². The van der Waals surface area contributed by atoms with Crippen molar-refractivity contribution in [2.24, 2.45) is 0 Å². The van der Waals surface area contributed by atoms with E-state index in [1.807, 2.05) is 6.92 Å². The monoisotopic (exact) mass is 298 g/mol. The molecule has 1 unspecified atom stereocenters. The van der Waals surface area contributed by atoms with Gasteiger partial charge in [-0.05, 0) is 19.8 Å². The van der Waals surface area contributed by atoms with Crippen LogP contribution < -0.4 is 0 Å². The Morgan fingerprint density at radius 2 is 2.00 bits per heavy atom. The number of amides is 2. The molecule has 0 aromatic heterocycles. The Hall–Kier alpha value is -1.30. The van der Waals surface area contributed by atoms with Gasteiger partial charge in [0.15, 0.2) is 0 Å². The Balaban J connectivity index is 2.11. The first-order chi connectivity index (χ1) is 9.94. The molecule has 21 heavy (non-hydrogen) atoms. The number of aliphatic carboxylic acids is 1. The number of morpholine rings is 1.